The van der Waals surface area contributed by atoms with Gasteiger partial charge in [0.15, 0.2) is 0 Å². The van der Waals surface area contributed by atoms with E-state index in [0.29, 0.717) is 82.1 Å². The molecule has 1 saturated heterocycles. The highest BCUT2D eigenvalue weighted by atomic mass is 16.5. The number of hydrogen-bond donors (Lipinski definition) is 3. The molecule has 3 amide bonds. The Morgan fingerprint density at radius 2 is 1.16 bits per heavy atom. The van der Waals surface area contributed by atoms with Crippen molar-refractivity contribution in [2.24, 2.45) is 16.2 Å². The predicted molar refractivity (Wildman–Crippen MR) is 240 cm³/mol. The van der Waals surface area contributed by atoms with Crippen molar-refractivity contribution in [3.05, 3.63) is 117 Å². The molecule has 0 spiro atoms. The van der Waals surface area contributed by atoms with Gasteiger partial charge in [0.25, 0.3) is 0 Å². The first kappa shape index (κ1) is 50.6. The number of piperidine rings is 1. The molecule has 0 aromatic carbocycles. The van der Waals surface area contributed by atoms with Crippen LogP contribution in [0.5, 0.6) is 0 Å². The van der Waals surface area contributed by atoms with Crippen molar-refractivity contribution >= 4 is 30.2 Å². The molecule has 7 aliphatic rings. The van der Waals surface area contributed by atoms with Crippen molar-refractivity contribution in [1.82, 2.24) is 10.6 Å². The molecule has 0 aromatic rings. The van der Waals surface area contributed by atoms with E-state index in [2.05, 4.69) is 30.0 Å². The van der Waals surface area contributed by atoms with Crippen LogP contribution in [-0.4, -0.2) is 70.9 Å². The maximum atomic E-state index is 12.6. The molecule has 0 radical (unpaired) electrons. The lowest BCUT2D eigenvalue weighted by Gasteiger charge is -2.42. The van der Waals surface area contributed by atoms with Gasteiger partial charge in [-0.25, -0.2) is 36.0 Å². The average Bonchev–Trinajstić information content (AvgIpc) is 3.64. The smallest absolute Gasteiger partial charge is 0.465 e. The van der Waals surface area contributed by atoms with Crippen molar-refractivity contribution in [3.8, 4) is 0 Å². The third-order valence-electron chi connectivity index (χ3n) is 12.9. The highest BCUT2D eigenvalue weighted by molar-refractivity contribution is 6.11. The molecular weight excluding hydrogens is 813 g/mol. The molecule has 14 nitrogen and oxygen atoms in total. The van der Waals surface area contributed by atoms with Gasteiger partial charge in [-0.1, -0.05) is 54.7 Å². The quantitative estimate of drug-likeness (QED) is 0.0787. The lowest BCUT2D eigenvalue weighted by Crippen LogP contribution is -2.62. The topological polar surface area (TPSA) is 166 Å². The molecule has 0 aromatic heterocycles. The molecule has 1 heterocycles. The molecule has 6 aliphatic carbocycles. The summed E-state index contributed by atoms with van der Waals surface area (Å²) >= 11 is 0. The minimum absolute atomic E-state index is 0.218. The Hall–Kier alpha value is -6.09. The van der Waals surface area contributed by atoms with Crippen LogP contribution in [0.25, 0.3) is 19.4 Å². The number of carbonyl (C=O) groups excluding carboxylic acids is 5. The summed E-state index contributed by atoms with van der Waals surface area (Å²) in [7, 11) is 0. The maximum absolute atomic E-state index is 12.6. The Bertz CT molecular complexity index is 2170. The lowest BCUT2D eigenvalue weighted by atomic mass is 9.61. The number of esters is 2. The number of carbonyl (C=O) groups is 5. The molecule has 7 rings (SSSR count). The zero-order valence-electron chi connectivity index (χ0n) is 37.9. The van der Waals surface area contributed by atoms with Crippen LogP contribution < -0.4 is 10.6 Å². The second-order valence-electron chi connectivity index (χ2n) is 18.1. The standard InChI is InChI=1S/C16H20N2O3.C16H18N2O2.C14H14N2O2.C4H10O/c1-3-21-14(20)15-9-5-4-8-13(15)16(17-2,18-12-19)11-7-6-10-15;1-4-20-14(19)15-10-6-5-9-13(15)16(17-2,18-3)12-8-7-11-15;1-15-14-9-5-4-8-13(11(17)16-12(14)18)7-3-2-6-10(13)14;1-4(2,3)5/h6-8,12H,3-5,9-11H2,1H3,(H,18,19);7-9H,4-6,10-12H2,1H3;4-6H,2-3,7-9H2,(H,16,17,18);5H,1-3H3/t15-,16-;;13-,14-;/m0.0./s1. The summed E-state index contributed by atoms with van der Waals surface area (Å²) in [6.45, 7) is 39.4. The average molecular weight is 875 g/mol. The van der Waals surface area contributed by atoms with Gasteiger partial charge in [-0.2, -0.15) is 0 Å². The van der Waals surface area contributed by atoms with Crippen molar-refractivity contribution in [2.75, 3.05) is 13.2 Å². The predicted octanol–water partition coefficient (Wildman–Crippen LogP) is 8.41. The van der Waals surface area contributed by atoms with E-state index in [1.807, 2.05) is 54.7 Å². The molecule has 1 unspecified atom stereocenters. The molecule has 0 saturated carbocycles. The number of imide groups is 1. The molecule has 1 aliphatic heterocycles. The first-order valence-corrected chi connectivity index (χ1v) is 22.2. The Balaban J connectivity index is 0.000000200. The maximum Gasteiger partial charge on any atom is 0.510 e. The fourth-order valence-corrected chi connectivity index (χ4v) is 9.96. The molecule has 340 valence electrons. The van der Waals surface area contributed by atoms with Crippen molar-refractivity contribution in [2.45, 2.75) is 153 Å². The minimum Gasteiger partial charge on any atom is -0.465 e. The zero-order valence-corrected chi connectivity index (χ0v) is 37.9. The Morgan fingerprint density at radius 3 is 1.67 bits per heavy atom. The van der Waals surface area contributed by atoms with Crippen LogP contribution >= 0.6 is 0 Å². The van der Waals surface area contributed by atoms with E-state index in [-0.39, 0.29) is 17.8 Å². The summed E-state index contributed by atoms with van der Waals surface area (Å²) in [5, 5.41) is 13.6. The van der Waals surface area contributed by atoms with E-state index in [1.54, 1.807) is 34.6 Å². The zero-order chi connectivity index (χ0) is 47.3. The summed E-state index contributed by atoms with van der Waals surface area (Å²) in [6.07, 6.45) is 27.8. The first-order chi connectivity index (χ1) is 30.5. The fourth-order valence-electron chi connectivity index (χ4n) is 9.96. The van der Waals surface area contributed by atoms with Crippen LogP contribution in [0, 0.1) is 42.5 Å². The molecule has 3 N–H and O–H groups in total. The number of nitrogens with one attached hydrogen (secondary N) is 2. The number of ether oxygens (including phenoxy) is 2. The summed E-state index contributed by atoms with van der Waals surface area (Å²) in [5.74, 6) is -1.24. The lowest BCUT2D eigenvalue weighted by molar-refractivity contribution is -0.155. The monoisotopic (exact) mass is 874 g/mol. The Morgan fingerprint density at radius 1 is 0.688 bits per heavy atom. The van der Waals surface area contributed by atoms with Crippen LogP contribution in [0.15, 0.2) is 71.4 Å². The van der Waals surface area contributed by atoms with E-state index < -0.39 is 44.6 Å². The van der Waals surface area contributed by atoms with E-state index in [0.717, 1.165) is 50.5 Å². The molecule has 1 fully saturated rings. The number of nitrogens with zero attached hydrogens (tertiary/aromatic N) is 4. The van der Waals surface area contributed by atoms with Gasteiger partial charge in [0.2, 0.25) is 12.3 Å². The highest BCUT2D eigenvalue weighted by Gasteiger charge is 2.65. The number of amides is 3. The highest BCUT2D eigenvalue weighted by Crippen LogP contribution is 2.54. The normalized spacial score (nSPS) is 30.4. The second-order valence-corrected chi connectivity index (χ2v) is 18.1. The van der Waals surface area contributed by atoms with Gasteiger partial charge in [-0.05, 0) is 112 Å². The van der Waals surface area contributed by atoms with Gasteiger partial charge in [-0.15, -0.1) is 0 Å². The van der Waals surface area contributed by atoms with Crippen LogP contribution in [0.4, 0.5) is 0 Å². The third kappa shape index (κ3) is 9.84. The van der Waals surface area contributed by atoms with Crippen LogP contribution in [0.3, 0.4) is 0 Å². The van der Waals surface area contributed by atoms with E-state index >= 15 is 0 Å². The van der Waals surface area contributed by atoms with Gasteiger partial charge < -0.3 is 14.6 Å². The number of rotatable bonds is 6. The fraction of sp³-hybridized carbons (Fsp3) is 0.580. The van der Waals surface area contributed by atoms with Gasteiger partial charge in [0, 0.05) is 5.57 Å². The molecule has 2 bridgehead atoms. The number of fused-ring (bicyclic) bond motifs is 2. The van der Waals surface area contributed by atoms with Gasteiger partial charge in [0.1, 0.15) is 22.8 Å². The third-order valence-corrected chi connectivity index (χ3v) is 12.9. The minimum atomic E-state index is -1.26. The molecular formula is C50H62N6O8. The van der Waals surface area contributed by atoms with Crippen LogP contribution in [0.1, 0.15) is 131 Å². The summed E-state index contributed by atoms with van der Waals surface area (Å²) in [5.41, 5.74) is -4.25. The van der Waals surface area contributed by atoms with Gasteiger partial charge in [-0.3, -0.25) is 44.3 Å². The summed E-state index contributed by atoms with van der Waals surface area (Å²) < 4.78 is 10.5. The van der Waals surface area contributed by atoms with Crippen LogP contribution in [-0.2, 0) is 33.4 Å². The Kier molecular flexibility index (Phi) is 16.6. The summed E-state index contributed by atoms with van der Waals surface area (Å²) in [6, 6.07) is 0. The SMILES string of the molecule is CC(C)(C)O.[C-]#[N+]C1([N+]#[C-])CC=CCC2(C(=O)OCC)CCCC=C12.[C-]#[N+][C@@]12CC=CC[C@]3(CCCC=C31)C(=O)NC2=O.[C-]#[N+][C@]1(NC=O)CC=CC[C@@]2(C(=O)OCC)CCCC=C21. The number of allylic oxidation sites excluding steroid dienone is 6. The molecule has 64 heavy (non-hydrogen) atoms. The molecule has 5 atom stereocenters. The number of aliphatic hydroxyl groups is 1. The van der Waals surface area contributed by atoms with Crippen molar-refractivity contribution in [3.63, 3.8) is 0 Å². The largest absolute Gasteiger partial charge is 0.510 e. The summed E-state index contributed by atoms with van der Waals surface area (Å²) in [4.78, 5) is 75.0. The number of hydrogen-bond acceptors (Lipinski definition) is 8. The second kappa shape index (κ2) is 21.1. The van der Waals surface area contributed by atoms with Crippen molar-refractivity contribution in [1.29, 1.82) is 0 Å². The Labute approximate surface area is 378 Å². The van der Waals surface area contributed by atoms with Gasteiger partial charge >= 0.3 is 34.7 Å². The van der Waals surface area contributed by atoms with Crippen molar-refractivity contribution < 1.29 is 38.6 Å². The molecule has 14 heteroatoms. The van der Waals surface area contributed by atoms with E-state index in [9.17, 15) is 24.0 Å². The van der Waals surface area contributed by atoms with E-state index in [1.165, 1.54) is 0 Å². The van der Waals surface area contributed by atoms with Crippen LogP contribution in [0.2, 0.25) is 0 Å². The van der Waals surface area contributed by atoms with E-state index in [4.69, 9.17) is 40.9 Å². The van der Waals surface area contributed by atoms with Gasteiger partial charge in [0.05, 0.1) is 42.6 Å². The first-order valence-electron chi connectivity index (χ1n) is 22.2.